The van der Waals surface area contributed by atoms with Gasteiger partial charge in [-0.05, 0) is 30.6 Å². The molecular formula is C12H13NO3S. The Morgan fingerprint density at radius 2 is 2.06 bits per heavy atom. The van der Waals surface area contributed by atoms with E-state index in [2.05, 4.69) is 0 Å². The number of fused-ring (bicyclic) bond motifs is 1. The summed E-state index contributed by atoms with van der Waals surface area (Å²) in [5.41, 5.74) is 0.0848. The van der Waals surface area contributed by atoms with Gasteiger partial charge in [-0.15, -0.1) is 0 Å². The van der Waals surface area contributed by atoms with Crippen LogP contribution in [0.5, 0.6) is 0 Å². The van der Waals surface area contributed by atoms with E-state index in [9.17, 15) is 9.59 Å². The topological polar surface area (TPSA) is 52.2 Å². The van der Waals surface area contributed by atoms with E-state index in [1.165, 1.54) is 4.57 Å². The van der Waals surface area contributed by atoms with Crippen molar-refractivity contribution in [2.45, 2.75) is 13.0 Å². The van der Waals surface area contributed by atoms with E-state index >= 15 is 0 Å². The van der Waals surface area contributed by atoms with Crippen LogP contribution < -0.4 is 11.4 Å². The second-order valence-corrected chi connectivity index (χ2v) is 4.66. The van der Waals surface area contributed by atoms with Crippen LogP contribution in [0, 0.1) is 0 Å². The first kappa shape index (κ1) is 12.0. The minimum atomic E-state index is -0.574. The lowest BCUT2D eigenvalue weighted by molar-refractivity contribution is 0.415. The van der Waals surface area contributed by atoms with Gasteiger partial charge in [-0.25, -0.2) is 9.59 Å². The second kappa shape index (κ2) is 5.23. The van der Waals surface area contributed by atoms with Gasteiger partial charge in [0.1, 0.15) is 0 Å². The van der Waals surface area contributed by atoms with Crippen LogP contribution in [0.15, 0.2) is 38.3 Å². The van der Waals surface area contributed by atoms with Gasteiger partial charge in [0.15, 0.2) is 0 Å². The third-order valence-electron chi connectivity index (χ3n) is 2.55. The zero-order valence-electron chi connectivity index (χ0n) is 9.51. The molecule has 0 N–H and O–H groups in total. The van der Waals surface area contributed by atoms with Crippen molar-refractivity contribution in [3.8, 4) is 0 Å². The SMILES string of the molecule is CSCCCn1c(=O)oc(=O)c2ccccc21. The predicted octanol–water partition coefficient (Wildman–Crippen LogP) is 1.71. The molecule has 0 unspecified atom stereocenters. The third kappa shape index (κ3) is 2.44. The monoisotopic (exact) mass is 251 g/mol. The first-order valence-electron chi connectivity index (χ1n) is 5.35. The molecule has 0 saturated carbocycles. The van der Waals surface area contributed by atoms with Gasteiger partial charge in [-0.1, -0.05) is 12.1 Å². The van der Waals surface area contributed by atoms with Crippen molar-refractivity contribution in [2.24, 2.45) is 0 Å². The molecule has 2 rings (SSSR count). The Bertz CT molecular complexity index is 629. The lowest BCUT2D eigenvalue weighted by Gasteiger charge is -2.07. The molecule has 0 aliphatic heterocycles. The summed E-state index contributed by atoms with van der Waals surface area (Å²) in [6.07, 6.45) is 2.89. The highest BCUT2D eigenvalue weighted by Gasteiger charge is 2.07. The molecule has 1 aromatic heterocycles. The molecular weight excluding hydrogens is 238 g/mol. The molecule has 0 fully saturated rings. The maximum Gasteiger partial charge on any atom is 0.422 e. The van der Waals surface area contributed by atoms with E-state index in [4.69, 9.17) is 4.42 Å². The Balaban J connectivity index is 2.54. The molecule has 0 bridgehead atoms. The molecule has 0 amide bonds. The Labute approximate surface area is 102 Å². The summed E-state index contributed by atoms with van der Waals surface area (Å²) in [7, 11) is 0. The first-order chi connectivity index (χ1) is 8.24. The van der Waals surface area contributed by atoms with Crippen LogP contribution in [-0.2, 0) is 6.54 Å². The average Bonchev–Trinajstić information content (AvgIpc) is 2.33. The van der Waals surface area contributed by atoms with Gasteiger partial charge in [-0.3, -0.25) is 4.57 Å². The number of benzene rings is 1. The van der Waals surface area contributed by atoms with Gasteiger partial charge in [0.2, 0.25) is 0 Å². The van der Waals surface area contributed by atoms with Gasteiger partial charge in [0, 0.05) is 6.54 Å². The molecule has 90 valence electrons. The van der Waals surface area contributed by atoms with Crippen LogP contribution in [0.2, 0.25) is 0 Å². The van der Waals surface area contributed by atoms with Crippen molar-refractivity contribution in [2.75, 3.05) is 12.0 Å². The number of nitrogens with zero attached hydrogens (tertiary/aromatic N) is 1. The van der Waals surface area contributed by atoms with E-state index in [1.54, 1.807) is 30.0 Å². The molecule has 0 aliphatic carbocycles. The summed E-state index contributed by atoms with van der Waals surface area (Å²) in [4.78, 5) is 23.1. The summed E-state index contributed by atoms with van der Waals surface area (Å²) in [5, 5.41) is 0.455. The quantitative estimate of drug-likeness (QED) is 0.776. The summed E-state index contributed by atoms with van der Waals surface area (Å²) < 4.78 is 6.22. The van der Waals surface area contributed by atoms with E-state index in [-0.39, 0.29) is 0 Å². The maximum atomic E-state index is 11.6. The van der Waals surface area contributed by atoms with Crippen LogP contribution in [0.4, 0.5) is 0 Å². The third-order valence-corrected chi connectivity index (χ3v) is 3.24. The van der Waals surface area contributed by atoms with Crippen molar-refractivity contribution in [1.82, 2.24) is 4.57 Å². The van der Waals surface area contributed by atoms with Crippen molar-refractivity contribution < 1.29 is 4.42 Å². The summed E-state index contributed by atoms with van der Waals surface area (Å²) in [6, 6.07) is 7.01. The van der Waals surface area contributed by atoms with Crippen molar-refractivity contribution in [1.29, 1.82) is 0 Å². The van der Waals surface area contributed by atoms with Gasteiger partial charge in [-0.2, -0.15) is 11.8 Å². The van der Waals surface area contributed by atoms with Gasteiger partial charge < -0.3 is 4.42 Å². The first-order valence-corrected chi connectivity index (χ1v) is 6.75. The minimum absolute atomic E-state index is 0.455. The zero-order chi connectivity index (χ0) is 12.3. The Hall–Kier alpha value is -1.49. The highest BCUT2D eigenvalue weighted by Crippen LogP contribution is 2.08. The molecule has 1 aromatic carbocycles. The average molecular weight is 251 g/mol. The Morgan fingerprint density at radius 1 is 1.29 bits per heavy atom. The number of aromatic nitrogens is 1. The molecule has 0 spiro atoms. The van der Waals surface area contributed by atoms with Crippen LogP contribution in [0.3, 0.4) is 0 Å². The van der Waals surface area contributed by atoms with Gasteiger partial charge in [0.25, 0.3) is 0 Å². The summed E-state index contributed by atoms with van der Waals surface area (Å²) >= 11 is 1.73. The fraction of sp³-hybridized carbons (Fsp3) is 0.333. The van der Waals surface area contributed by atoms with E-state index in [0.717, 1.165) is 12.2 Å². The molecule has 0 aliphatic rings. The molecule has 17 heavy (non-hydrogen) atoms. The van der Waals surface area contributed by atoms with Crippen LogP contribution in [-0.4, -0.2) is 16.6 Å². The number of thioether (sulfide) groups is 1. The zero-order valence-corrected chi connectivity index (χ0v) is 10.3. The van der Waals surface area contributed by atoms with Crippen LogP contribution in [0.25, 0.3) is 10.9 Å². The maximum absolute atomic E-state index is 11.6. The fourth-order valence-corrected chi connectivity index (χ4v) is 2.17. The summed E-state index contributed by atoms with van der Waals surface area (Å²) in [6.45, 7) is 0.573. The number of hydrogen-bond acceptors (Lipinski definition) is 4. The van der Waals surface area contributed by atoms with Crippen molar-refractivity contribution in [3.63, 3.8) is 0 Å². The largest absolute Gasteiger partial charge is 0.422 e. The van der Waals surface area contributed by atoms with Gasteiger partial charge >= 0.3 is 11.4 Å². The normalized spacial score (nSPS) is 10.9. The van der Waals surface area contributed by atoms with Crippen LogP contribution >= 0.6 is 11.8 Å². The number of para-hydroxylation sites is 1. The van der Waals surface area contributed by atoms with Crippen molar-refractivity contribution >= 4 is 22.7 Å². The lowest BCUT2D eigenvalue weighted by Crippen LogP contribution is -2.25. The molecule has 4 nitrogen and oxygen atoms in total. The lowest BCUT2D eigenvalue weighted by atomic mass is 10.2. The Morgan fingerprint density at radius 3 is 2.82 bits per heavy atom. The number of aryl methyl sites for hydroxylation is 1. The molecule has 0 atom stereocenters. The molecule has 2 aromatic rings. The molecule has 5 heteroatoms. The van der Waals surface area contributed by atoms with E-state index in [1.807, 2.05) is 12.3 Å². The molecule has 0 radical (unpaired) electrons. The molecule has 0 saturated heterocycles. The highest BCUT2D eigenvalue weighted by atomic mass is 32.2. The van der Waals surface area contributed by atoms with E-state index in [0.29, 0.717) is 17.4 Å². The Kier molecular flexibility index (Phi) is 3.68. The number of rotatable bonds is 4. The fourth-order valence-electron chi connectivity index (χ4n) is 1.75. The van der Waals surface area contributed by atoms with E-state index < -0.39 is 11.4 Å². The highest BCUT2D eigenvalue weighted by molar-refractivity contribution is 7.98. The standard InChI is InChI=1S/C12H13NO3S/c1-17-8-4-7-13-10-6-3-2-5-9(10)11(14)16-12(13)15/h2-3,5-6H,4,7-8H2,1H3. The minimum Gasteiger partial charge on any atom is -0.372 e. The smallest absolute Gasteiger partial charge is 0.372 e. The van der Waals surface area contributed by atoms with Crippen LogP contribution in [0.1, 0.15) is 6.42 Å². The summed E-state index contributed by atoms with van der Waals surface area (Å²) in [5.74, 6) is 0.398. The predicted molar refractivity (Wildman–Crippen MR) is 69.7 cm³/mol. The second-order valence-electron chi connectivity index (χ2n) is 3.67. The number of hydrogen-bond donors (Lipinski definition) is 0. The molecule has 1 heterocycles. The van der Waals surface area contributed by atoms with Gasteiger partial charge in [0.05, 0.1) is 10.9 Å². The van der Waals surface area contributed by atoms with Crippen molar-refractivity contribution in [3.05, 3.63) is 45.2 Å².